The molecule has 1 rings (SSSR count). The minimum Gasteiger partial charge on any atom is -0.496 e. The van der Waals surface area contributed by atoms with E-state index < -0.39 is 5.60 Å². The molecular weight excluding hydrogens is 244 g/mol. The fourth-order valence-corrected chi connectivity index (χ4v) is 1.89. The van der Waals surface area contributed by atoms with Crippen LogP contribution in [0, 0.1) is 0 Å². The summed E-state index contributed by atoms with van der Waals surface area (Å²) in [6.45, 7) is 3.89. The maximum atomic E-state index is 12.0. The number of amides is 1. The first-order chi connectivity index (χ1) is 8.89. The van der Waals surface area contributed by atoms with Crippen LogP contribution in [-0.2, 0) is 0 Å². The van der Waals surface area contributed by atoms with Crippen LogP contribution >= 0.6 is 0 Å². The molecule has 1 amide bonds. The number of hydrogen-bond donors (Lipinski definition) is 3. The van der Waals surface area contributed by atoms with Gasteiger partial charge in [-0.3, -0.25) is 4.79 Å². The molecule has 1 aromatic carbocycles. The molecule has 1 aromatic rings. The van der Waals surface area contributed by atoms with E-state index in [1.807, 2.05) is 6.92 Å². The molecular formula is C14H22N2O3. The minimum atomic E-state index is -0.897. The summed E-state index contributed by atoms with van der Waals surface area (Å²) in [7, 11) is 1.48. The van der Waals surface area contributed by atoms with Gasteiger partial charge in [-0.1, -0.05) is 13.3 Å². The Labute approximate surface area is 113 Å². The summed E-state index contributed by atoms with van der Waals surface area (Å²) in [4.78, 5) is 12.0. The average Bonchev–Trinajstić information content (AvgIpc) is 2.35. The Morgan fingerprint density at radius 2 is 2.21 bits per heavy atom. The zero-order chi connectivity index (χ0) is 14.5. The number of nitrogens with two attached hydrogens (primary N) is 1. The van der Waals surface area contributed by atoms with Crippen LogP contribution in [0.4, 0.5) is 5.69 Å². The van der Waals surface area contributed by atoms with Crippen LogP contribution in [0.15, 0.2) is 18.2 Å². The summed E-state index contributed by atoms with van der Waals surface area (Å²) in [5.74, 6) is 0.140. The first-order valence-electron chi connectivity index (χ1n) is 6.33. The van der Waals surface area contributed by atoms with Gasteiger partial charge in [0.15, 0.2) is 0 Å². The molecule has 0 aromatic heterocycles. The average molecular weight is 266 g/mol. The molecule has 0 spiro atoms. The van der Waals surface area contributed by atoms with Gasteiger partial charge in [-0.15, -0.1) is 0 Å². The van der Waals surface area contributed by atoms with Crippen LogP contribution in [0.3, 0.4) is 0 Å². The number of rotatable bonds is 6. The summed E-state index contributed by atoms with van der Waals surface area (Å²) in [5, 5.41) is 12.7. The van der Waals surface area contributed by atoms with Crippen molar-refractivity contribution < 1.29 is 14.6 Å². The monoisotopic (exact) mass is 266 g/mol. The second kappa shape index (κ2) is 6.43. The van der Waals surface area contributed by atoms with Crippen molar-refractivity contribution >= 4 is 11.6 Å². The number of ether oxygens (including phenoxy) is 1. The third-order valence-corrected chi connectivity index (χ3v) is 2.89. The van der Waals surface area contributed by atoms with Crippen molar-refractivity contribution in [2.75, 3.05) is 19.4 Å². The molecule has 5 heteroatoms. The third-order valence-electron chi connectivity index (χ3n) is 2.89. The molecule has 0 radical (unpaired) electrons. The molecule has 0 heterocycles. The van der Waals surface area contributed by atoms with Gasteiger partial charge in [0.2, 0.25) is 0 Å². The predicted molar refractivity (Wildman–Crippen MR) is 75.3 cm³/mol. The number of benzene rings is 1. The molecule has 0 saturated heterocycles. The van der Waals surface area contributed by atoms with E-state index in [-0.39, 0.29) is 12.5 Å². The van der Waals surface area contributed by atoms with Crippen molar-refractivity contribution in [1.29, 1.82) is 0 Å². The summed E-state index contributed by atoms with van der Waals surface area (Å²) in [6, 6.07) is 4.85. The molecule has 0 saturated carbocycles. The Balaban J connectivity index is 2.74. The molecule has 0 bridgehead atoms. The van der Waals surface area contributed by atoms with Crippen molar-refractivity contribution in [2.24, 2.45) is 0 Å². The Morgan fingerprint density at radius 3 is 2.79 bits per heavy atom. The van der Waals surface area contributed by atoms with Crippen molar-refractivity contribution in [1.82, 2.24) is 5.32 Å². The highest BCUT2D eigenvalue weighted by Gasteiger charge is 2.21. The lowest BCUT2D eigenvalue weighted by atomic mass is 10.0. The van der Waals surface area contributed by atoms with Gasteiger partial charge in [-0.2, -0.15) is 0 Å². The van der Waals surface area contributed by atoms with Crippen LogP contribution < -0.4 is 15.8 Å². The smallest absolute Gasteiger partial charge is 0.255 e. The minimum absolute atomic E-state index is 0.202. The fourth-order valence-electron chi connectivity index (χ4n) is 1.89. The van der Waals surface area contributed by atoms with E-state index in [4.69, 9.17) is 10.5 Å². The molecule has 0 aliphatic carbocycles. The quantitative estimate of drug-likeness (QED) is 0.682. The van der Waals surface area contributed by atoms with Crippen LogP contribution in [0.2, 0.25) is 0 Å². The zero-order valence-corrected chi connectivity index (χ0v) is 11.7. The van der Waals surface area contributed by atoms with Gasteiger partial charge < -0.3 is 20.9 Å². The Kier molecular flexibility index (Phi) is 5.18. The molecule has 106 valence electrons. The van der Waals surface area contributed by atoms with Gasteiger partial charge in [-0.05, 0) is 25.5 Å². The molecule has 1 unspecified atom stereocenters. The van der Waals surface area contributed by atoms with Gasteiger partial charge >= 0.3 is 0 Å². The summed E-state index contributed by atoms with van der Waals surface area (Å²) < 4.78 is 5.12. The topological polar surface area (TPSA) is 84.6 Å². The second-order valence-electron chi connectivity index (χ2n) is 4.89. The number of methoxy groups -OCH3 is 1. The lowest BCUT2D eigenvalue weighted by Crippen LogP contribution is -2.40. The predicted octanol–water partition coefficient (Wildman–Crippen LogP) is 1.56. The number of anilines is 1. The Bertz CT molecular complexity index is 444. The number of hydrogen-bond acceptors (Lipinski definition) is 4. The molecule has 5 nitrogen and oxygen atoms in total. The summed E-state index contributed by atoms with van der Waals surface area (Å²) in [6.07, 6.45) is 1.49. The number of nitrogen functional groups attached to an aromatic ring is 1. The van der Waals surface area contributed by atoms with Crippen LogP contribution in [0.1, 0.15) is 37.0 Å². The zero-order valence-electron chi connectivity index (χ0n) is 11.7. The first kappa shape index (κ1) is 15.3. The molecule has 0 aliphatic heterocycles. The standard InChI is InChI=1S/C14H22N2O3/c1-4-7-14(2,18)9-16-13(17)11-6-5-10(15)8-12(11)19-3/h5-6,8,18H,4,7,9,15H2,1-3H3,(H,16,17). The molecule has 0 fully saturated rings. The molecule has 0 aliphatic rings. The second-order valence-corrected chi connectivity index (χ2v) is 4.89. The number of carbonyl (C=O) groups is 1. The Morgan fingerprint density at radius 1 is 1.53 bits per heavy atom. The van der Waals surface area contributed by atoms with Crippen LogP contribution in [0.25, 0.3) is 0 Å². The summed E-state index contributed by atoms with van der Waals surface area (Å²) in [5.41, 5.74) is 5.68. The number of aliphatic hydroxyl groups is 1. The van der Waals surface area contributed by atoms with E-state index in [1.54, 1.807) is 25.1 Å². The van der Waals surface area contributed by atoms with Gasteiger partial charge in [0.25, 0.3) is 5.91 Å². The summed E-state index contributed by atoms with van der Waals surface area (Å²) >= 11 is 0. The number of carbonyl (C=O) groups excluding carboxylic acids is 1. The van der Waals surface area contributed by atoms with E-state index in [0.717, 1.165) is 6.42 Å². The lowest BCUT2D eigenvalue weighted by Gasteiger charge is -2.23. The van der Waals surface area contributed by atoms with Crippen molar-refractivity contribution in [3.63, 3.8) is 0 Å². The first-order valence-corrected chi connectivity index (χ1v) is 6.33. The van der Waals surface area contributed by atoms with E-state index in [2.05, 4.69) is 5.32 Å². The van der Waals surface area contributed by atoms with Crippen molar-refractivity contribution in [2.45, 2.75) is 32.3 Å². The van der Waals surface area contributed by atoms with Crippen molar-refractivity contribution in [3.8, 4) is 5.75 Å². The third kappa shape index (κ3) is 4.44. The normalized spacial score (nSPS) is 13.7. The van der Waals surface area contributed by atoms with Crippen LogP contribution in [0.5, 0.6) is 5.75 Å². The van der Waals surface area contributed by atoms with Gasteiger partial charge in [0, 0.05) is 18.3 Å². The largest absolute Gasteiger partial charge is 0.496 e. The maximum Gasteiger partial charge on any atom is 0.255 e. The number of nitrogens with one attached hydrogen (secondary N) is 1. The lowest BCUT2D eigenvalue weighted by molar-refractivity contribution is 0.0469. The van der Waals surface area contributed by atoms with E-state index in [1.165, 1.54) is 7.11 Å². The fraction of sp³-hybridized carbons (Fsp3) is 0.500. The van der Waals surface area contributed by atoms with Crippen molar-refractivity contribution in [3.05, 3.63) is 23.8 Å². The van der Waals surface area contributed by atoms with E-state index in [9.17, 15) is 9.90 Å². The highest BCUT2D eigenvalue weighted by atomic mass is 16.5. The Hall–Kier alpha value is -1.75. The molecule has 4 N–H and O–H groups in total. The van der Waals surface area contributed by atoms with E-state index in [0.29, 0.717) is 23.4 Å². The van der Waals surface area contributed by atoms with Gasteiger partial charge in [-0.25, -0.2) is 0 Å². The van der Waals surface area contributed by atoms with Gasteiger partial charge in [0.1, 0.15) is 5.75 Å². The van der Waals surface area contributed by atoms with E-state index >= 15 is 0 Å². The highest BCUT2D eigenvalue weighted by Crippen LogP contribution is 2.21. The molecule has 1 atom stereocenters. The van der Waals surface area contributed by atoms with Gasteiger partial charge in [0.05, 0.1) is 18.3 Å². The highest BCUT2D eigenvalue weighted by molar-refractivity contribution is 5.97. The molecule has 19 heavy (non-hydrogen) atoms. The maximum absolute atomic E-state index is 12.0. The van der Waals surface area contributed by atoms with Crippen LogP contribution in [-0.4, -0.2) is 30.3 Å². The SMILES string of the molecule is CCCC(C)(O)CNC(=O)c1ccc(N)cc1OC.